The van der Waals surface area contributed by atoms with Crippen LogP contribution < -0.4 is 10.6 Å². The number of carbonyl (C=O) groups is 12. The van der Waals surface area contributed by atoms with Gasteiger partial charge in [0.2, 0.25) is 76.8 Å². The molecule has 4 aliphatic carbocycles. The predicted molar refractivity (Wildman–Crippen MR) is 382 cm³/mol. The van der Waals surface area contributed by atoms with Crippen molar-refractivity contribution in [1.29, 1.82) is 0 Å². The molecule has 3 aliphatic heterocycles. The van der Waals surface area contributed by atoms with E-state index in [1.807, 2.05) is 0 Å². The molecule has 26 nitrogen and oxygen atoms in total. The molecule has 0 aromatic heterocycles. The van der Waals surface area contributed by atoms with Gasteiger partial charge in [-0.15, -0.1) is 0 Å². The molecule has 7 rings (SSSR count). The van der Waals surface area contributed by atoms with Crippen molar-refractivity contribution in [3.05, 3.63) is 12.2 Å². The fourth-order valence-corrected chi connectivity index (χ4v) is 17.1. The van der Waals surface area contributed by atoms with Gasteiger partial charge in [0.1, 0.15) is 53.9 Å². The van der Waals surface area contributed by atoms with Crippen molar-refractivity contribution in [2.24, 2.45) is 29.6 Å². The van der Waals surface area contributed by atoms with Gasteiger partial charge in [0.05, 0.1) is 37.6 Å². The summed E-state index contributed by atoms with van der Waals surface area (Å²) in [6, 6.07) is -10.6. The van der Waals surface area contributed by atoms with Gasteiger partial charge in [0.15, 0.2) is 0 Å². The number of fused-ring (bicyclic) bond motifs is 3. The quantitative estimate of drug-likeness (QED) is 0.158. The highest BCUT2D eigenvalue weighted by atomic mass is 19.4. The van der Waals surface area contributed by atoms with Crippen molar-refractivity contribution in [2.75, 3.05) is 103 Å². The van der Waals surface area contributed by atoms with Crippen LogP contribution in [0.4, 0.5) is 22.0 Å². The van der Waals surface area contributed by atoms with Gasteiger partial charge in [0.25, 0.3) is 0 Å². The summed E-state index contributed by atoms with van der Waals surface area (Å²) >= 11 is 0. The smallest absolute Gasteiger partial charge is 0.381 e. The first-order valence-corrected chi connectivity index (χ1v) is 38.4. The maximum atomic E-state index is 15.7. The van der Waals surface area contributed by atoms with Gasteiger partial charge in [-0.1, -0.05) is 58.6 Å². The number of halogens is 5. The highest BCUT2D eigenvalue weighted by Gasteiger charge is 2.57. The number of likely N-dealkylation sites (N-methyl/N-ethyl adjacent to an activating group) is 8. The van der Waals surface area contributed by atoms with Crippen LogP contribution in [-0.2, 0) is 67.0 Å². The molecule has 31 heteroatoms. The monoisotopic (exact) mass is 1510 g/mol. The molecule has 4 saturated carbocycles. The minimum atomic E-state index is -4.55. The number of methoxy groups -OCH3 is 1. The summed E-state index contributed by atoms with van der Waals surface area (Å²) in [6.45, 7) is 5.63. The van der Waals surface area contributed by atoms with E-state index in [9.17, 15) is 50.7 Å². The molecule has 12 amide bonds. The molecule has 2 bridgehead atoms. The molecule has 0 radical (unpaired) electrons. The average Bonchev–Trinajstić information content (AvgIpc) is 1.18. The lowest BCUT2D eigenvalue weighted by Crippen LogP contribution is -2.68. The fourth-order valence-electron chi connectivity index (χ4n) is 17.1. The maximum absolute atomic E-state index is 15.7. The van der Waals surface area contributed by atoms with Crippen molar-refractivity contribution in [3.8, 4) is 0 Å². The molecule has 2 saturated heterocycles. The predicted octanol–water partition coefficient (Wildman–Crippen LogP) is 5.63. The lowest BCUT2D eigenvalue weighted by atomic mass is 9.73. The van der Waals surface area contributed by atoms with Crippen LogP contribution in [0.3, 0.4) is 0 Å². The van der Waals surface area contributed by atoms with E-state index in [0.717, 1.165) is 14.7 Å². The van der Waals surface area contributed by atoms with Gasteiger partial charge in [0, 0.05) is 109 Å². The Morgan fingerprint density at radius 3 is 1.90 bits per heavy atom. The van der Waals surface area contributed by atoms with E-state index in [0.29, 0.717) is 44.9 Å². The van der Waals surface area contributed by atoms with Gasteiger partial charge in [-0.2, -0.15) is 13.2 Å². The van der Waals surface area contributed by atoms with E-state index in [4.69, 9.17) is 9.47 Å². The zero-order chi connectivity index (χ0) is 78.6. The SMILES string of the molecule is CCC[C@H]1C(=O)N[C@@H]([C@@H](C)CC)C(=O)N(C)CC(=O)N(C)[C@H]2C/C=C\CCN(C2=O)[C@@H](CC2CCC(F)(F)CC2)C(=O)N(C)CC(=O)N[C@@H](CCC2CCC(C(F)(F)F)C(OC)C2)C(=O)N2C[C@H](OCC)C[C@H]2C(=O)N(C)C2(CCC2)C(=O)N(C)[C@@H](C2CCCC2)C(=O)N(C)[C@H](C(=O)N(C)C)CC(=O)N1C. The third-order valence-electron chi connectivity index (χ3n) is 24.2. The summed E-state index contributed by atoms with van der Waals surface area (Å²) in [6.07, 6.45) is -0.755. The summed E-state index contributed by atoms with van der Waals surface area (Å²) in [4.78, 5) is 194. The Hall–Kier alpha value is -7.05. The van der Waals surface area contributed by atoms with Crippen LogP contribution in [0.2, 0.25) is 0 Å². The Morgan fingerprint density at radius 2 is 1.31 bits per heavy atom. The summed E-state index contributed by atoms with van der Waals surface area (Å²) in [5.41, 5.74) is -1.57. The van der Waals surface area contributed by atoms with Crippen LogP contribution in [0, 0.1) is 29.6 Å². The molecule has 7 aliphatic rings. The van der Waals surface area contributed by atoms with Crippen LogP contribution in [-0.4, -0.2) is 301 Å². The van der Waals surface area contributed by atoms with Gasteiger partial charge in [-0.3, -0.25) is 57.5 Å². The lowest BCUT2D eigenvalue weighted by molar-refractivity contribution is -0.215. The minimum absolute atomic E-state index is 0.00230. The number of hydrogen-bond donors (Lipinski definition) is 2. The second kappa shape index (κ2) is 37.4. The van der Waals surface area contributed by atoms with Crippen LogP contribution >= 0.6 is 0 Å². The molecule has 106 heavy (non-hydrogen) atoms. The highest BCUT2D eigenvalue weighted by Crippen LogP contribution is 2.45. The topological polar surface area (TPSA) is 280 Å². The summed E-state index contributed by atoms with van der Waals surface area (Å²) < 4.78 is 84.1. The van der Waals surface area contributed by atoms with Crippen LogP contribution in [0.1, 0.15) is 182 Å². The summed E-state index contributed by atoms with van der Waals surface area (Å²) in [5, 5.41) is 5.68. The zero-order valence-electron chi connectivity index (χ0n) is 64.9. The third kappa shape index (κ3) is 20.2. The maximum Gasteiger partial charge on any atom is 0.394 e. The lowest BCUT2D eigenvalue weighted by Gasteiger charge is -2.51. The molecule has 1 spiro atoms. The third-order valence-corrected chi connectivity index (χ3v) is 24.2. The molecule has 6 fully saturated rings. The Bertz CT molecular complexity index is 3160. The average molecular weight is 1510 g/mol. The van der Waals surface area contributed by atoms with E-state index in [1.165, 1.54) is 105 Å². The Kier molecular flexibility index (Phi) is 30.4. The molecule has 0 aromatic rings. The first-order valence-electron chi connectivity index (χ1n) is 38.4. The number of ether oxygens (including phenoxy) is 2. The van der Waals surface area contributed by atoms with Gasteiger partial charge in [-0.05, 0) is 133 Å². The van der Waals surface area contributed by atoms with Crippen molar-refractivity contribution in [2.45, 2.75) is 260 Å². The zero-order valence-corrected chi connectivity index (χ0v) is 64.9. The number of alkyl halides is 5. The largest absolute Gasteiger partial charge is 0.394 e. The first-order chi connectivity index (χ1) is 49.9. The van der Waals surface area contributed by atoms with Gasteiger partial charge < -0.3 is 69.1 Å². The molecule has 2 N–H and O–H groups in total. The van der Waals surface area contributed by atoms with Crippen molar-refractivity contribution >= 4 is 70.9 Å². The van der Waals surface area contributed by atoms with Crippen molar-refractivity contribution in [3.63, 3.8) is 0 Å². The first kappa shape index (κ1) is 86.2. The second-order valence-electron chi connectivity index (χ2n) is 31.4. The Morgan fingerprint density at radius 1 is 0.660 bits per heavy atom. The van der Waals surface area contributed by atoms with E-state index in [2.05, 4.69) is 10.6 Å². The number of carbonyl (C=O) groups excluding carboxylic acids is 12. The standard InChI is InChI=1S/C75H119F5N12O14/c1-15-24-53-64(96)82-62(46(4)16-2)70(102)85(8)45-61(95)87(10)54-27-19-18-22-38-91(69(54)101)56(39-48-32-36-74(76,77)37-33-48)67(99)84(7)44-59(93)81-52(31-29-47-28-30-51(75(78,79)80)58(40-47)105-14)65(97)92-43-50(106-17-3)41-57(92)68(100)90(13)73(34-23-35-73)72(104)89(12)63(49-25-20-21-26-49)71(103)88(11)55(66(98)83(5)6)42-60(94)86(53)9/h18-19,46-58,62-63H,15-17,20-45H2,1-14H3,(H,81,93)(H,82,96)/b19-18-/t46-,47?,50+,51?,52-,53-,54-,55-,56-,57-,58?,62-,63-/m0/s1. The Labute approximate surface area is 622 Å². The van der Waals surface area contributed by atoms with E-state index in [-0.39, 0.29) is 110 Å². The van der Waals surface area contributed by atoms with E-state index >= 15 is 28.8 Å². The van der Waals surface area contributed by atoms with Crippen LogP contribution in [0.5, 0.6) is 0 Å². The number of amides is 12. The normalized spacial score (nSPS) is 30.8. The second-order valence-corrected chi connectivity index (χ2v) is 31.4. The fraction of sp³-hybridized carbons (Fsp3) is 0.813. The van der Waals surface area contributed by atoms with Gasteiger partial charge in [-0.25, -0.2) is 8.78 Å². The number of nitrogens with one attached hydrogen (secondary N) is 2. The minimum Gasteiger partial charge on any atom is -0.381 e. The van der Waals surface area contributed by atoms with Crippen molar-refractivity contribution in [1.82, 2.24) is 59.6 Å². The van der Waals surface area contributed by atoms with Crippen LogP contribution in [0.15, 0.2) is 12.2 Å². The number of nitrogens with zero attached hydrogens (tertiary/aromatic N) is 10. The Balaban J connectivity index is 1.33. The number of hydrogen-bond acceptors (Lipinski definition) is 14. The molecular weight excluding hydrogens is 1390 g/mol. The molecule has 0 aromatic carbocycles. The summed E-state index contributed by atoms with van der Waals surface area (Å²) in [7, 11) is 13.9. The van der Waals surface area contributed by atoms with Crippen LogP contribution in [0.25, 0.3) is 0 Å². The van der Waals surface area contributed by atoms with E-state index in [1.54, 1.807) is 39.8 Å². The molecule has 13 atom stereocenters. The molecule has 598 valence electrons. The molecule has 3 unspecified atom stereocenters. The van der Waals surface area contributed by atoms with Crippen molar-refractivity contribution < 1.29 is 89.0 Å². The van der Waals surface area contributed by atoms with Gasteiger partial charge >= 0.3 is 6.18 Å². The molecule has 3 heterocycles. The van der Waals surface area contributed by atoms with E-state index < -0.39 is 211 Å². The molecular formula is C75H119F5N12O14. The summed E-state index contributed by atoms with van der Waals surface area (Å²) in [5.74, 6) is -15.1. The highest BCUT2D eigenvalue weighted by molar-refractivity contribution is 6.01. The number of rotatable bonds is 14.